The van der Waals surface area contributed by atoms with Crippen molar-refractivity contribution in [1.29, 1.82) is 0 Å². The Balaban J connectivity index is 1.26. The summed E-state index contributed by atoms with van der Waals surface area (Å²) < 4.78 is 22.7. The first-order valence-electron chi connectivity index (χ1n) is 11.1. The Labute approximate surface area is 210 Å². The highest BCUT2D eigenvalue weighted by atomic mass is 79.9. The number of carbonyl (C=O) groups is 1. The normalized spacial score (nSPS) is 15.8. The third-order valence-electron chi connectivity index (χ3n) is 6.19. The van der Waals surface area contributed by atoms with Crippen LogP contribution >= 0.6 is 27.3 Å². The third-order valence-corrected chi connectivity index (χ3v) is 7.86. The molecule has 2 aliphatic heterocycles. The van der Waals surface area contributed by atoms with Crippen LogP contribution in [-0.2, 0) is 0 Å². The minimum absolute atomic E-state index is 0.0117. The quantitative estimate of drug-likeness (QED) is 0.429. The summed E-state index contributed by atoms with van der Waals surface area (Å²) in [5.41, 5.74) is 2.55. The van der Waals surface area contributed by atoms with Gasteiger partial charge in [0.15, 0.2) is 23.0 Å². The molecule has 1 aromatic heterocycles. The lowest BCUT2D eigenvalue weighted by Gasteiger charge is -2.31. The van der Waals surface area contributed by atoms with E-state index in [2.05, 4.69) is 21.3 Å². The van der Waals surface area contributed by atoms with E-state index in [1.807, 2.05) is 23.1 Å². The average Bonchev–Trinajstić information content (AvgIpc) is 3.38. The number of halogens is 1. The number of aromatic nitrogens is 1. The fourth-order valence-corrected chi connectivity index (χ4v) is 5.82. The molecule has 1 saturated heterocycles. The number of hydrogen-bond donors (Lipinski definition) is 0. The first-order chi connectivity index (χ1) is 16.6. The SMILES string of the molecule is COc1cc(Br)c(C(=O)N2CCC(c3nc(-c4ccc5c(c4)OCCO5)cs3)CC2)cc1OC. The molecule has 0 bridgehead atoms. The molecule has 1 fully saturated rings. The molecule has 34 heavy (non-hydrogen) atoms. The van der Waals surface area contributed by atoms with E-state index in [4.69, 9.17) is 23.9 Å². The van der Waals surface area contributed by atoms with Gasteiger partial charge in [0.1, 0.15) is 13.2 Å². The second kappa shape index (κ2) is 9.84. The predicted octanol–water partition coefficient (Wildman–Crippen LogP) is 5.38. The number of methoxy groups -OCH3 is 2. The summed E-state index contributed by atoms with van der Waals surface area (Å²) >= 11 is 5.19. The first-order valence-corrected chi connectivity index (χ1v) is 12.8. The zero-order valence-corrected chi connectivity index (χ0v) is 21.4. The van der Waals surface area contributed by atoms with Crippen molar-refractivity contribution in [2.45, 2.75) is 18.8 Å². The van der Waals surface area contributed by atoms with Gasteiger partial charge in [-0.1, -0.05) is 0 Å². The molecule has 0 spiro atoms. The van der Waals surface area contributed by atoms with Crippen LogP contribution in [0.5, 0.6) is 23.0 Å². The first kappa shape index (κ1) is 23.0. The minimum atomic E-state index is -0.0117. The Hall–Kier alpha value is -2.78. The summed E-state index contributed by atoms with van der Waals surface area (Å²) in [6.07, 6.45) is 1.76. The van der Waals surface area contributed by atoms with Crippen LogP contribution in [0.2, 0.25) is 0 Å². The Morgan fingerprint density at radius 1 is 1.06 bits per heavy atom. The molecule has 0 saturated carbocycles. The third kappa shape index (κ3) is 4.46. The summed E-state index contributed by atoms with van der Waals surface area (Å²) in [5.74, 6) is 3.01. The smallest absolute Gasteiger partial charge is 0.255 e. The molecule has 0 unspecified atom stereocenters. The number of thiazole rings is 1. The molecule has 0 atom stereocenters. The predicted molar refractivity (Wildman–Crippen MR) is 134 cm³/mol. The van der Waals surface area contributed by atoms with Crippen LogP contribution in [0.4, 0.5) is 0 Å². The summed E-state index contributed by atoms with van der Waals surface area (Å²) in [7, 11) is 3.15. The monoisotopic (exact) mass is 544 g/mol. The van der Waals surface area contributed by atoms with E-state index in [9.17, 15) is 4.79 Å². The van der Waals surface area contributed by atoms with Gasteiger partial charge in [0, 0.05) is 34.4 Å². The lowest BCUT2D eigenvalue weighted by molar-refractivity contribution is 0.0711. The molecule has 0 aliphatic carbocycles. The standard InChI is InChI=1S/C25H25BrN2O5S/c1-30-21-12-17(18(26)13-22(21)31-2)25(29)28-7-5-15(6-8-28)24-27-19(14-34-24)16-3-4-20-23(11-16)33-10-9-32-20/h3-4,11-15H,5-10H2,1-2H3. The van der Waals surface area contributed by atoms with Crippen LogP contribution in [-0.4, -0.2) is 56.3 Å². The molecule has 2 aromatic carbocycles. The molecular weight excluding hydrogens is 520 g/mol. The summed E-state index contributed by atoms with van der Waals surface area (Å²) in [6.45, 7) is 2.51. The molecule has 5 rings (SSSR count). The lowest BCUT2D eigenvalue weighted by atomic mass is 9.97. The average molecular weight is 545 g/mol. The number of rotatable bonds is 5. The van der Waals surface area contributed by atoms with Gasteiger partial charge in [-0.15, -0.1) is 11.3 Å². The van der Waals surface area contributed by atoms with Gasteiger partial charge in [0.05, 0.1) is 30.5 Å². The Morgan fingerprint density at radius 3 is 2.50 bits per heavy atom. The number of amides is 1. The van der Waals surface area contributed by atoms with Gasteiger partial charge < -0.3 is 23.8 Å². The van der Waals surface area contributed by atoms with Gasteiger partial charge in [-0.25, -0.2) is 4.98 Å². The van der Waals surface area contributed by atoms with Gasteiger partial charge in [-0.3, -0.25) is 4.79 Å². The maximum atomic E-state index is 13.2. The van der Waals surface area contributed by atoms with Crippen molar-refractivity contribution >= 4 is 33.2 Å². The van der Waals surface area contributed by atoms with E-state index < -0.39 is 0 Å². The van der Waals surface area contributed by atoms with Crippen molar-refractivity contribution in [3.05, 3.63) is 50.8 Å². The summed E-state index contributed by atoms with van der Waals surface area (Å²) in [4.78, 5) is 20.0. The Kier molecular flexibility index (Phi) is 6.65. The van der Waals surface area contributed by atoms with Crippen molar-refractivity contribution < 1.29 is 23.7 Å². The van der Waals surface area contributed by atoms with E-state index in [1.165, 1.54) is 0 Å². The van der Waals surface area contributed by atoms with Crippen molar-refractivity contribution in [3.8, 4) is 34.3 Å². The van der Waals surface area contributed by atoms with Crippen LogP contribution in [0, 0.1) is 0 Å². The van der Waals surface area contributed by atoms with Gasteiger partial charge in [0.2, 0.25) is 0 Å². The van der Waals surface area contributed by atoms with E-state index in [0.717, 1.165) is 40.6 Å². The van der Waals surface area contributed by atoms with E-state index in [0.29, 0.717) is 53.8 Å². The van der Waals surface area contributed by atoms with Crippen molar-refractivity contribution in [2.24, 2.45) is 0 Å². The molecular formula is C25H25BrN2O5S. The molecule has 1 amide bonds. The maximum absolute atomic E-state index is 13.2. The zero-order valence-electron chi connectivity index (χ0n) is 19.0. The van der Waals surface area contributed by atoms with Crippen LogP contribution in [0.3, 0.4) is 0 Å². The Morgan fingerprint density at radius 2 is 1.76 bits per heavy atom. The molecule has 2 aliphatic rings. The number of carbonyl (C=O) groups excluding carboxylic acids is 1. The minimum Gasteiger partial charge on any atom is -0.493 e. The van der Waals surface area contributed by atoms with Crippen LogP contribution < -0.4 is 18.9 Å². The number of piperidine rings is 1. The molecule has 3 heterocycles. The number of nitrogens with zero attached hydrogens (tertiary/aromatic N) is 2. The molecule has 0 N–H and O–H groups in total. The van der Waals surface area contributed by atoms with Crippen molar-refractivity contribution in [1.82, 2.24) is 9.88 Å². The number of fused-ring (bicyclic) bond motifs is 1. The van der Waals surface area contributed by atoms with E-state index >= 15 is 0 Å². The second-order valence-corrected chi connectivity index (χ2v) is 9.93. The number of benzene rings is 2. The zero-order chi connectivity index (χ0) is 23.7. The number of likely N-dealkylation sites (tertiary alicyclic amines) is 1. The largest absolute Gasteiger partial charge is 0.493 e. The van der Waals surface area contributed by atoms with Gasteiger partial charge in [-0.05, 0) is 59.1 Å². The van der Waals surface area contributed by atoms with Gasteiger partial charge in [0.25, 0.3) is 5.91 Å². The van der Waals surface area contributed by atoms with E-state index in [1.54, 1.807) is 37.7 Å². The van der Waals surface area contributed by atoms with Gasteiger partial charge >= 0.3 is 0 Å². The van der Waals surface area contributed by atoms with Crippen LogP contribution in [0.15, 0.2) is 40.2 Å². The lowest BCUT2D eigenvalue weighted by Crippen LogP contribution is -2.38. The number of ether oxygens (including phenoxy) is 4. The summed E-state index contributed by atoms with van der Waals surface area (Å²) in [5, 5.41) is 3.21. The fraction of sp³-hybridized carbons (Fsp3) is 0.360. The van der Waals surface area contributed by atoms with Crippen LogP contribution in [0.25, 0.3) is 11.3 Å². The molecule has 7 nitrogen and oxygen atoms in total. The fourth-order valence-electron chi connectivity index (χ4n) is 4.33. The molecule has 178 valence electrons. The topological polar surface area (TPSA) is 70.1 Å². The molecule has 9 heteroatoms. The molecule has 3 aromatic rings. The number of hydrogen-bond acceptors (Lipinski definition) is 7. The Bertz CT molecular complexity index is 1210. The molecule has 0 radical (unpaired) electrons. The highest BCUT2D eigenvalue weighted by molar-refractivity contribution is 9.10. The van der Waals surface area contributed by atoms with Crippen molar-refractivity contribution in [3.63, 3.8) is 0 Å². The summed E-state index contributed by atoms with van der Waals surface area (Å²) in [6, 6.07) is 9.47. The maximum Gasteiger partial charge on any atom is 0.255 e. The van der Waals surface area contributed by atoms with Crippen molar-refractivity contribution in [2.75, 3.05) is 40.5 Å². The van der Waals surface area contributed by atoms with Crippen LogP contribution in [0.1, 0.15) is 34.1 Å². The second-order valence-electron chi connectivity index (χ2n) is 8.18. The highest BCUT2D eigenvalue weighted by Gasteiger charge is 2.28. The van der Waals surface area contributed by atoms with E-state index in [-0.39, 0.29) is 5.91 Å². The highest BCUT2D eigenvalue weighted by Crippen LogP contribution is 2.38. The van der Waals surface area contributed by atoms with Gasteiger partial charge in [-0.2, -0.15) is 0 Å².